The molecular weight excluding hydrogens is 204 g/mol. The van der Waals surface area contributed by atoms with Crippen LogP contribution in [0, 0.1) is 0 Å². The molecule has 0 saturated heterocycles. The minimum Gasteiger partial charge on any atom is -0.493 e. The third-order valence-corrected chi connectivity index (χ3v) is 2.28. The molecule has 0 aliphatic carbocycles. The molecule has 0 aliphatic heterocycles. The predicted octanol–water partition coefficient (Wildman–Crippen LogP) is 1.58. The van der Waals surface area contributed by atoms with E-state index in [1.165, 1.54) is 0 Å². The average molecular weight is 218 g/mol. The quantitative estimate of drug-likeness (QED) is 0.604. The van der Waals surface area contributed by atoms with Crippen molar-refractivity contribution >= 4 is 16.6 Å². The summed E-state index contributed by atoms with van der Waals surface area (Å²) >= 11 is 0. The first-order chi connectivity index (χ1) is 7.81. The maximum Gasteiger partial charge on any atom is 0.122 e. The normalized spacial score (nSPS) is 10.6. The molecule has 0 aliphatic rings. The Morgan fingerprint density at radius 2 is 2.25 bits per heavy atom. The molecular formula is C12H14N2O2. The van der Waals surface area contributed by atoms with Crippen LogP contribution in [0.1, 0.15) is 6.42 Å². The van der Waals surface area contributed by atoms with Gasteiger partial charge in [0.2, 0.25) is 0 Å². The highest BCUT2D eigenvalue weighted by molar-refractivity contribution is 5.90. The summed E-state index contributed by atoms with van der Waals surface area (Å²) in [6.45, 7) is 0.617. The second-order valence-corrected chi connectivity index (χ2v) is 3.51. The molecule has 1 aromatic carbocycles. The number of nitrogen functional groups attached to an aromatic ring is 1. The van der Waals surface area contributed by atoms with Crippen molar-refractivity contribution < 1.29 is 9.84 Å². The largest absolute Gasteiger partial charge is 0.493 e. The van der Waals surface area contributed by atoms with Crippen LogP contribution in [0.4, 0.5) is 5.69 Å². The molecule has 0 atom stereocenters. The van der Waals surface area contributed by atoms with E-state index >= 15 is 0 Å². The van der Waals surface area contributed by atoms with Gasteiger partial charge in [-0.3, -0.25) is 4.98 Å². The highest BCUT2D eigenvalue weighted by Crippen LogP contribution is 2.25. The van der Waals surface area contributed by atoms with E-state index in [9.17, 15) is 0 Å². The first-order valence-corrected chi connectivity index (χ1v) is 5.19. The SMILES string of the molecule is Nc1cc(OCCCO)cc2cccnc12. The van der Waals surface area contributed by atoms with Gasteiger partial charge in [0.25, 0.3) is 0 Å². The first-order valence-electron chi connectivity index (χ1n) is 5.19. The molecule has 1 aromatic heterocycles. The molecule has 2 rings (SSSR count). The molecule has 4 nitrogen and oxygen atoms in total. The summed E-state index contributed by atoms with van der Waals surface area (Å²) in [6, 6.07) is 7.46. The maximum atomic E-state index is 8.66. The molecule has 0 amide bonds. The van der Waals surface area contributed by atoms with Crippen LogP contribution in [-0.2, 0) is 0 Å². The van der Waals surface area contributed by atoms with Crippen molar-refractivity contribution in [2.75, 3.05) is 18.9 Å². The Hall–Kier alpha value is -1.81. The van der Waals surface area contributed by atoms with E-state index in [1.807, 2.05) is 18.2 Å². The van der Waals surface area contributed by atoms with Gasteiger partial charge in [-0.15, -0.1) is 0 Å². The lowest BCUT2D eigenvalue weighted by atomic mass is 10.2. The van der Waals surface area contributed by atoms with Crippen molar-refractivity contribution in [1.29, 1.82) is 0 Å². The molecule has 0 fully saturated rings. The molecule has 0 unspecified atom stereocenters. The topological polar surface area (TPSA) is 68.4 Å². The standard InChI is InChI=1S/C12H14N2O2/c13-11-8-10(16-6-2-5-15)7-9-3-1-4-14-12(9)11/h1,3-4,7-8,15H,2,5-6,13H2. The number of nitrogens with zero attached hydrogens (tertiary/aromatic N) is 1. The lowest BCUT2D eigenvalue weighted by molar-refractivity contribution is 0.234. The summed E-state index contributed by atoms with van der Waals surface area (Å²) < 4.78 is 5.47. The van der Waals surface area contributed by atoms with Gasteiger partial charge in [0, 0.05) is 30.7 Å². The number of aliphatic hydroxyl groups excluding tert-OH is 1. The van der Waals surface area contributed by atoms with Gasteiger partial charge in [0.1, 0.15) is 5.75 Å². The van der Waals surface area contributed by atoms with Gasteiger partial charge in [-0.25, -0.2) is 0 Å². The van der Waals surface area contributed by atoms with Crippen molar-refractivity contribution in [1.82, 2.24) is 4.98 Å². The smallest absolute Gasteiger partial charge is 0.122 e. The summed E-state index contributed by atoms with van der Waals surface area (Å²) in [5, 5.41) is 9.62. The van der Waals surface area contributed by atoms with Gasteiger partial charge in [0.15, 0.2) is 0 Å². The van der Waals surface area contributed by atoms with Crippen molar-refractivity contribution in [2.24, 2.45) is 0 Å². The fourth-order valence-corrected chi connectivity index (χ4v) is 1.53. The molecule has 3 N–H and O–H groups in total. The number of ether oxygens (including phenoxy) is 1. The molecule has 0 saturated carbocycles. The van der Waals surface area contributed by atoms with Crippen molar-refractivity contribution in [3.8, 4) is 5.75 Å². The lowest BCUT2D eigenvalue weighted by Crippen LogP contribution is -2.00. The zero-order valence-corrected chi connectivity index (χ0v) is 8.89. The number of pyridine rings is 1. The van der Waals surface area contributed by atoms with E-state index in [0.717, 1.165) is 10.9 Å². The molecule has 2 aromatic rings. The summed E-state index contributed by atoms with van der Waals surface area (Å²) in [5.74, 6) is 0.714. The minimum atomic E-state index is 0.130. The van der Waals surface area contributed by atoms with Crippen molar-refractivity contribution in [2.45, 2.75) is 6.42 Å². The zero-order chi connectivity index (χ0) is 11.4. The van der Waals surface area contributed by atoms with Gasteiger partial charge < -0.3 is 15.6 Å². The molecule has 0 radical (unpaired) electrons. The van der Waals surface area contributed by atoms with Crippen LogP contribution in [-0.4, -0.2) is 23.3 Å². The Morgan fingerprint density at radius 3 is 3.06 bits per heavy atom. The number of fused-ring (bicyclic) bond motifs is 1. The van der Waals surface area contributed by atoms with Crippen LogP contribution in [0.2, 0.25) is 0 Å². The Labute approximate surface area is 93.7 Å². The van der Waals surface area contributed by atoms with Crippen LogP contribution in [0.15, 0.2) is 30.5 Å². The van der Waals surface area contributed by atoms with E-state index in [2.05, 4.69) is 4.98 Å². The number of hydrogen-bond acceptors (Lipinski definition) is 4. The van der Waals surface area contributed by atoms with E-state index in [4.69, 9.17) is 15.6 Å². The summed E-state index contributed by atoms with van der Waals surface area (Å²) in [4.78, 5) is 4.20. The average Bonchev–Trinajstić information content (AvgIpc) is 2.30. The van der Waals surface area contributed by atoms with Gasteiger partial charge in [-0.2, -0.15) is 0 Å². The molecule has 1 heterocycles. The number of anilines is 1. The lowest BCUT2D eigenvalue weighted by Gasteiger charge is -2.08. The first kappa shape index (κ1) is 10.7. The molecule has 4 heteroatoms. The minimum absolute atomic E-state index is 0.130. The molecule has 84 valence electrons. The number of benzene rings is 1. The summed E-state index contributed by atoms with van der Waals surface area (Å²) in [6.07, 6.45) is 2.33. The summed E-state index contributed by atoms with van der Waals surface area (Å²) in [7, 11) is 0. The Balaban J connectivity index is 2.27. The van der Waals surface area contributed by atoms with Crippen molar-refractivity contribution in [3.63, 3.8) is 0 Å². The van der Waals surface area contributed by atoms with Crippen LogP contribution in [0.25, 0.3) is 10.9 Å². The zero-order valence-electron chi connectivity index (χ0n) is 8.89. The molecule has 0 bridgehead atoms. The Morgan fingerprint density at radius 1 is 1.38 bits per heavy atom. The van der Waals surface area contributed by atoms with Crippen LogP contribution in [0.3, 0.4) is 0 Å². The highest BCUT2D eigenvalue weighted by Gasteiger charge is 2.02. The Bertz CT molecular complexity index is 485. The van der Waals surface area contributed by atoms with Crippen molar-refractivity contribution in [3.05, 3.63) is 30.5 Å². The monoisotopic (exact) mass is 218 g/mol. The van der Waals surface area contributed by atoms with Gasteiger partial charge >= 0.3 is 0 Å². The third-order valence-electron chi connectivity index (χ3n) is 2.28. The third kappa shape index (κ3) is 2.23. The van der Waals surface area contributed by atoms with E-state index in [0.29, 0.717) is 24.5 Å². The maximum absolute atomic E-state index is 8.66. The predicted molar refractivity (Wildman–Crippen MR) is 63.4 cm³/mol. The van der Waals surface area contributed by atoms with Gasteiger partial charge in [-0.05, 0) is 12.1 Å². The number of hydrogen-bond donors (Lipinski definition) is 2. The van der Waals surface area contributed by atoms with Gasteiger partial charge in [0.05, 0.1) is 17.8 Å². The van der Waals surface area contributed by atoms with E-state index < -0.39 is 0 Å². The number of aromatic nitrogens is 1. The highest BCUT2D eigenvalue weighted by atomic mass is 16.5. The van der Waals surface area contributed by atoms with Crippen LogP contribution >= 0.6 is 0 Å². The fourth-order valence-electron chi connectivity index (χ4n) is 1.53. The van der Waals surface area contributed by atoms with Crippen LogP contribution < -0.4 is 10.5 Å². The number of rotatable bonds is 4. The summed E-state index contributed by atoms with van der Waals surface area (Å²) in [5.41, 5.74) is 7.27. The second kappa shape index (κ2) is 4.81. The fraction of sp³-hybridized carbons (Fsp3) is 0.250. The van der Waals surface area contributed by atoms with Crippen LogP contribution in [0.5, 0.6) is 5.75 Å². The molecule has 16 heavy (non-hydrogen) atoms. The number of nitrogens with two attached hydrogens (primary N) is 1. The van der Waals surface area contributed by atoms with Gasteiger partial charge in [-0.1, -0.05) is 6.07 Å². The molecule has 0 spiro atoms. The van der Waals surface area contributed by atoms with E-state index in [1.54, 1.807) is 12.3 Å². The Kier molecular flexibility index (Phi) is 3.22. The van der Waals surface area contributed by atoms with E-state index in [-0.39, 0.29) is 6.61 Å². The number of aliphatic hydroxyl groups is 1. The second-order valence-electron chi connectivity index (χ2n) is 3.51.